The minimum absolute atomic E-state index is 0.0328. The zero-order valence-electron chi connectivity index (χ0n) is 72.7. The number of amides is 12. The predicted octanol–water partition coefficient (Wildman–Crippen LogP) is 6.81. The molecule has 0 radical (unpaired) electrons. The van der Waals surface area contributed by atoms with Crippen LogP contribution in [0.5, 0.6) is 0 Å². The lowest BCUT2D eigenvalue weighted by Crippen LogP contribution is -2.63. The summed E-state index contributed by atoms with van der Waals surface area (Å²) in [5.74, 6) is -7.73. The Kier molecular flexibility index (Phi) is 37.2. The number of anilines is 4. The average molecular weight is 1650 g/mol. The smallest absolute Gasteiger partial charge is 0.267 e. The maximum Gasteiger partial charge on any atom is 0.267 e. The SMILES string of the molecule is CC[C@@H]1NC(=O)[C@H]([C@H](O)[C@H](C)CCCC(=O)N2CCN(c3cc(Nc4ncc(C(=O)Nc5c(C)cccc5Cl)s4)nc(C)n3)CC2)N(C)C(=O)[C@H](C(C)C)N(C)C(=O)[C@H](CC(C)C)N(C)C(=O)[C@H](CC(C)C)N(C)C(=O)[C@@H](C)NC[C@H](C)NC(=O)[C@H](CC(C)C)N(C)C(=O)[C@H](C(C)C)NC(=O)[C@H](CC(C)C)N(C)C(=O)CN(C)C1=O. The summed E-state index contributed by atoms with van der Waals surface area (Å²) in [5, 5.41) is 31.6. The molecule has 0 saturated carbocycles. The lowest BCUT2D eigenvalue weighted by atomic mass is 9.90. The topological polar surface area (TPSA) is 365 Å². The monoisotopic (exact) mass is 1640 g/mol. The van der Waals surface area contributed by atoms with Gasteiger partial charge in [0.25, 0.3) is 5.91 Å². The van der Waals surface area contributed by atoms with E-state index in [1.54, 1.807) is 85.4 Å². The van der Waals surface area contributed by atoms with Crippen molar-refractivity contribution in [2.75, 3.05) is 104 Å². The van der Waals surface area contributed by atoms with Gasteiger partial charge in [-0.1, -0.05) is 132 Å². The Morgan fingerprint density at radius 1 is 0.617 bits per heavy atom. The first-order chi connectivity index (χ1) is 53.7. The van der Waals surface area contributed by atoms with Crippen molar-refractivity contribution in [3.05, 3.63) is 51.7 Å². The van der Waals surface area contributed by atoms with Crippen molar-refractivity contribution in [2.45, 2.75) is 243 Å². The van der Waals surface area contributed by atoms with Gasteiger partial charge >= 0.3 is 0 Å². The molecule has 2 fully saturated rings. The van der Waals surface area contributed by atoms with Gasteiger partial charge in [0.15, 0.2) is 5.13 Å². The van der Waals surface area contributed by atoms with E-state index in [-0.39, 0.29) is 93.4 Å². The van der Waals surface area contributed by atoms with E-state index in [9.17, 15) is 43.5 Å². The fourth-order valence-corrected chi connectivity index (χ4v) is 15.6. The molecule has 642 valence electrons. The van der Waals surface area contributed by atoms with Gasteiger partial charge in [-0.2, -0.15) is 0 Å². The average Bonchev–Trinajstić information content (AvgIpc) is 1.20. The zero-order valence-corrected chi connectivity index (χ0v) is 74.2. The van der Waals surface area contributed by atoms with Gasteiger partial charge in [0.1, 0.15) is 70.7 Å². The van der Waals surface area contributed by atoms with E-state index < -0.39 is 150 Å². The first-order valence-electron chi connectivity index (χ1n) is 40.6. The summed E-state index contributed by atoms with van der Waals surface area (Å²) < 4.78 is 0. The highest BCUT2D eigenvalue weighted by atomic mass is 35.5. The normalized spacial score (nSPS) is 23.6. The number of nitrogens with one attached hydrogen (secondary N) is 6. The number of carbonyl (C=O) groups excluding carboxylic acids is 12. The Hall–Kier alpha value is -8.62. The Bertz CT molecular complexity index is 3830. The van der Waals surface area contributed by atoms with Crippen molar-refractivity contribution >= 4 is 116 Å². The Morgan fingerprint density at radius 3 is 1.70 bits per heavy atom. The van der Waals surface area contributed by atoms with E-state index in [1.165, 1.54) is 80.0 Å². The second kappa shape index (κ2) is 44.1. The van der Waals surface area contributed by atoms with Gasteiger partial charge in [-0.05, 0) is 126 Å². The van der Waals surface area contributed by atoms with Crippen LogP contribution in [-0.4, -0.2) is 285 Å². The van der Waals surface area contributed by atoms with Crippen LogP contribution in [0, 0.1) is 55.3 Å². The number of aliphatic hydroxyl groups excluding tert-OH is 1. The fourth-order valence-electron chi connectivity index (χ4n) is 14.6. The van der Waals surface area contributed by atoms with Crippen molar-refractivity contribution in [1.29, 1.82) is 0 Å². The van der Waals surface area contributed by atoms with Gasteiger partial charge in [-0.15, -0.1) is 0 Å². The van der Waals surface area contributed by atoms with Crippen LogP contribution in [0.2, 0.25) is 5.02 Å². The lowest BCUT2D eigenvalue weighted by Gasteiger charge is -2.41. The van der Waals surface area contributed by atoms with E-state index in [0.29, 0.717) is 64.4 Å². The predicted molar refractivity (Wildman–Crippen MR) is 448 cm³/mol. The number of nitrogens with zero attached hydrogens (tertiary/aromatic N) is 12. The molecule has 33 heteroatoms. The van der Waals surface area contributed by atoms with Crippen LogP contribution in [0.3, 0.4) is 0 Å². The molecule has 0 aliphatic carbocycles. The third-order valence-electron chi connectivity index (χ3n) is 21.6. The second-order valence-electron chi connectivity index (χ2n) is 33.8. The minimum atomic E-state index is -1.74. The van der Waals surface area contributed by atoms with Gasteiger partial charge in [-0.3, -0.25) is 57.5 Å². The number of likely N-dealkylation sites (N-methyl/N-ethyl adjacent to an activating group) is 7. The number of benzene rings is 1. The summed E-state index contributed by atoms with van der Waals surface area (Å²) in [5.41, 5.74) is 1.32. The molecule has 115 heavy (non-hydrogen) atoms. The molecule has 12 amide bonds. The molecule has 1 aromatic carbocycles. The Morgan fingerprint density at radius 2 is 1.15 bits per heavy atom. The van der Waals surface area contributed by atoms with Crippen LogP contribution in [-0.2, 0) is 52.7 Å². The summed E-state index contributed by atoms with van der Waals surface area (Å²) >= 11 is 7.51. The van der Waals surface area contributed by atoms with Crippen LogP contribution < -0.4 is 36.8 Å². The maximum absolute atomic E-state index is 15.6. The fraction of sp³-hybridized carbons (Fsp3) is 0.695. The number of aromatic nitrogens is 3. The number of hydrogen-bond donors (Lipinski definition) is 7. The summed E-state index contributed by atoms with van der Waals surface area (Å²) in [4.78, 5) is 203. The van der Waals surface area contributed by atoms with E-state index >= 15 is 19.2 Å². The molecule has 0 unspecified atom stereocenters. The van der Waals surface area contributed by atoms with Crippen molar-refractivity contribution in [3.8, 4) is 0 Å². The maximum atomic E-state index is 15.6. The summed E-state index contributed by atoms with van der Waals surface area (Å²) in [6.45, 7) is 33.6. The summed E-state index contributed by atoms with van der Waals surface area (Å²) in [7, 11) is 10.1. The first kappa shape index (κ1) is 97.0. The lowest BCUT2D eigenvalue weighted by molar-refractivity contribution is -0.157. The first-order valence-corrected chi connectivity index (χ1v) is 41.8. The largest absolute Gasteiger partial charge is 0.390 e. The van der Waals surface area contributed by atoms with Gasteiger partial charge in [0, 0.05) is 101 Å². The van der Waals surface area contributed by atoms with Gasteiger partial charge in [-0.25, -0.2) is 15.0 Å². The highest BCUT2D eigenvalue weighted by molar-refractivity contribution is 7.17. The number of rotatable bonds is 22. The molecular formula is C82H133ClN18O13S. The number of carbonyl (C=O) groups is 12. The van der Waals surface area contributed by atoms with Crippen LogP contribution in [0.1, 0.15) is 183 Å². The number of aryl methyl sites for hydroxylation is 2. The standard InChI is InChI=1S/C82H133ClN18O13S/c1-26-57-77(110)93(19)44-66(103)94(20)58(37-45(2)3)73(106)91-67(49(10)11)80(113)95(21)59(38-46(4)5)72(105)86-53(16)42-84-54(17)76(109)96(22)60(39-47(6)7)78(111)97(23)61(40-48(8)9)79(112)98(24)69(50(12)13)81(114)99(25)70(75(108)89-57)71(104)52(15)30-28-32-65(102)101-35-33-100(34-36-101)64-41-63(87-55(18)88-64)90-82-85-43-62(115-82)74(107)92-68-51(14)29-27-31-56(68)83/h27,29,31,41,43,45-50,52-54,57-61,67,69-71,84,104H,26,28,30,32-40,42,44H2,1-25H3,(H,86,105)(H,89,108)(H,91,106)(H,92,107)(H,85,87,88,90)/t52-,53+,54-,57+,58+,59+,60+,61+,67+,69+,70+,71-/m1/s1. The van der Waals surface area contributed by atoms with E-state index in [2.05, 4.69) is 41.9 Å². The van der Waals surface area contributed by atoms with Crippen molar-refractivity contribution in [1.82, 2.24) is 75.4 Å². The molecule has 12 atom stereocenters. The number of para-hydroxylation sites is 1. The van der Waals surface area contributed by atoms with E-state index in [0.717, 1.165) is 26.7 Å². The second-order valence-corrected chi connectivity index (χ2v) is 35.3. The number of hydrogen-bond acceptors (Lipinski definition) is 20. The van der Waals surface area contributed by atoms with E-state index in [4.69, 9.17) is 16.6 Å². The van der Waals surface area contributed by atoms with Crippen LogP contribution in [0.25, 0.3) is 0 Å². The molecule has 2 aliphatic rings. The summed E-state index contributed by atoms with van der Waals surface area (Å²) in [6, 6.07) is -4.30. The molecule has 2 saturated heterocycles. The number of halogens is 1. The Labute approximate surface area is 690 Å². The molecule has 4 heterocycles. The van der Waals surface area contributed by atoms with Gasteiger partial charge in [0.2, 0.25) is 65.0 Å². The zero-order chi connectivity index (χ0) is 86.6. The summed E-state index contributed by atoms with van der Waals surface area (Å²) in [6.07, 6.45) is 1.04. The Balaban J connectivity index is 1.47. The molecule has 2 aliphatic heterocycles. The molecule has 7 N–H and O–H groups in total. The highest BCUT2D eigenvalue weighted by Gasteiger charge is 2.46. The third kappa shape index (κ3) is 26.7. The number of aliphatic hydroxyl groups is 1. The van der Waals surface area contributed by atoms with Crippen LogP contribution in [0.4, 0.5) is 22.5 Å². The van der Waals surface area contributed by atoms with Gasteiger partial charge in [0.05, 0.1) is 35.6 Å². The van der Waals surface area contributed by atoms with Crippen molar-refractivity contribution < 1.29 is 62.6 Å². The minimum Gasteiger partial charge on any atom is -0.390 e. The van der Waals surface area contributed by atoms with Gasteiger partial charge < -0.3 is 81.1 Å². The number of thiazole rings is 1. The van der Waals surface area contributed by atoms with Crippen LogP contribution >= 0.6 is 22.9 Å². The molecule has 0 spiro atoms. The van der Waals surface area contributed by atoms with Crippen LogP contribution in [0.15, 0.2) is 30.5 Å². The molecule has 3 aromatic rings. The van der Waals surface area contributed by atoms with Crippen molar-refractivity contribution in [2.24, 2.45) is 41.4 Å². The number of piperazine rings is 1. The molecule has 2 aromatic heterocycles. The van der Waals surface area contributed by atoms with E-state index in [1.807, 2.05) is 73.3 Å². The molecule has 0 bridgehead atoms. The molecule has 5 rings (SSSR count). The molecular weight excluding hydrogens is 1510 g/mol. The molecule has 31 nitrogen and oxygen atoms in total. The highest BCUT2D eigenvalue weighted by Crippen LogP contribution is 2.31. The van der Waals surface area contributed by atoms with Crippen molar-refractivity contribution in [3.63, 3.8) is 0 Å². The third-order valence-corrected chi connectivity index (χ3v) is 22.8. The quantitative estimate of drug-likeness (QED) is 0.0543.